The van der Waals surface area contributed by atoms with Crippen molar-refractivity contribution in [2.75, 3.05) is 31.1 Å². The predicted molar refractivity (Wildman–Crippen MR) is 138 cm³/mol. The fraction of sp³-hybridized carbons (Fsp3) is 0.423. The average molecular weight is 605 g/mol. The van der Waals surface area contributed by atoms with E-state index in [2.05, 4.69) is 31.1 Å². The number of carbonyl (C=O) groups is 3. The Bertz CT molecular complexity index is 1480. The zero-order valence-electron chi connectivity index (χ0n) is 20.7. The molecule has 1 aromatic carbocycles. The summed E-state index contributed by atoms with van der Waals surface area (Å²) in [6, 6.07) is 6.79. The first kappa shape index (κ1) is 25.8. The summed E-state index contributed by atoms with van der Waals surface area (Å²) in [6.45, 7) is 0.103. The van der Waals surface area contributed by atoms with Crippen molar-refractivity contribution in [2.45, 2.75) is 43.3 Å². The second kappa shape index (κ2) is 9.32. The van der Waals surface area contributed by atoms with Crippen molar-refractivity contribution in [3.8, 4) is 0 Å². The number of benzene rings is 1. The molecule has 0 saturated carbocycles. The number of piperidine rings is 1. The molecule has 1 atom stereocenters. The van der Waals surface area contributed by atoms with E-state index in [1.165, 1.54) is 11.1 Å². The van der Waals surface area contributed by atoms with E-state index in [9.17, 15) is 27.6 Å². The highest BCUT2D eigenvalue weighted by Crippen LogP contribution is 2.51. The normalized spacial score (nSPS) is 20.8. The quantitative estimate of drug-likeness (QED) is 0.490. The van der Waals surface area contributed by atoms with E-state index in [0.717, 1.165) is 4.90 Å². The summed E-state index contributed by atoms with van der Waals surface area (Å²) in [5.74, 6) is -1.31. The fourth-order valence-corrected chi connectivity index (χ4v) is 6.88. The van der Waals surface area contributed by atoms with Gasteiger partial charge >= 0.3 is 6.18 Å². The van der Waals surface area contributed by atoms with Gasteiger partial charge in [-0.3, -0.25) is 19.5 Å². The largest absolute Gasteiger partial charge is 0.408 e. The number of aromatic nitrogens is 3. The van der Waals surface area contributed by atoms with E-state index in [1.807, 2.05) is 0 Å². The van der Waals surface area contributed by atoms with Gasteiger partial charge in [0.25, 0.3) is 5.91 Å². The molecular weight excluding hydrogens is 581 g/mol. The van der Waals surface area contributed by atoms with Gasteiger partial charge in [-0.25, -0.2) is 4.98 Å². The summed E-state index contributed by atoms with van der Waals surface area (Å²) in [7, 11) is 0. The van der Waals surface area contributed by atoms with Gasteiger partial charge in [0.05, 0.1) is 17.1 Å². The minimum Gasteiger partial charge on any atom is -0.337 e. The summed E-state index contributed by atoms with van der Waals surface area (Å²) in [5, 5.41) is 6.72. The Balaban J connectivity index is 1.24. The summed E-state index contributed by atoms with van der Waals surface area (Å²) < 4.78 is 41.2. The SMILES string of the molecule is O=C(c1ccc2[nH]ncc2n1)N1CCC2(CC1)C(=O)N(CC(=O)N1CCC[C@H]1C(F)(F)F)c1cccc(Br)c12. The molecule has 3 aromatic rings. The minimum atomic E-state index is -4.51. The van der Waals surface area contributed by atoms with Crippen LogP contribution in [0.5, 0.6) is 0 Å². The molecule has 13 heteroatoms. The van der Waals surface area contributed by atoms with E-state index < -0.39 is 30.1 Å². The number of hydrogen-bond donors (Lipinski definition) is 1. The number of likely N-dealkylation sites (tertiary alicyclic amines) is 2. The topological polar surface area (TPSA) is 102 Å². The second-order valence-electron chi connectivity index (χ2n) is 10.2. The van der Waals surface area contributed by atoms with Gasteiger partial charge < -0.3 is 14.7 Å². The van der Waals surface area contributed by atoms with Crippen LogP contribution in [0, 0.1) is 0 Å². The fourth-order valence-electron chi connectivity index (χ4n) is 6.14. The molecule has 39 heavy (non-hydrogen) atoms. The summed E-state index contributed by atoms with van der Waals surface area (Å²) in [5.41, 5.74) is 1.79. The van der Waals surface area contributed by atoms with Gasteiger partial charge in [0.15, 0.2) is 0 Å². The number of alkyl halides is 3. The molecule has 3 aliphatic heterocycles. The van der Waals surface area contributed by atoms with Gasteiger partial charge in [-0.15, -0.1) is 0 Å². The van der Waals surface area contributed by atoms with Crippen LogP contribution >= 0.6 is 15.9 Å². The van der Waals surface area contributed by atoms with Crippen LogP contribution < -0.4 is 4.90 Å². The first-order valence-corrected chi connectivity index (χ1v) is 13.5. The van der Waals surface area contributed by atoms with Crippen LogP contribution in [-0.2, 0) is 15.0 Å². The molecule has 3 amide bonds. The highest BCUT2D eigenvalue weighted by molar-refractivity contribution is 9.10. The molecule has 2 saturated heterocycles. The molecule has 9 nitrogen and oxygen atoms in total. The molecule has 1 N–H and O–H groups in total. The third kappa shape index (κ3) is 4.17. The van der Waals surface area contributed by atoms with E-state index in [0.29, 0.717) is 39.6 Å². The molecule has 0 bridgehead atoms. The third-order valence-electron chi connectivity index (χ3n) is 8.08. The van der Waals surface area contributed by atoms with Gasteiger partial charge in [0.2, 0.25) is 11.8 Å². The van der Waals surface area contributed by atoms with E-state index in [-0.39, 0.29) is 50.0 Å². The molecule has 0 aliphatic carbocycles. The maximum absolute atomic E-state index is 14.0. The molecule has 2 aromatic heterocycles. The van der Waals surface area contributed by atoms with E-state index in [1.54, 1.807) is 35.2 Å². The Labute approximate surface area is 229 Å². The first-order chi connectivity index (χ1) is 18.6. The van der Waals surface area contributed by atoms with Gasteiger partial charge in [0, 0.05) is 35.4 Å². The van der Waals surface area contributed by atoms with Crippen molar-refractivity contribution in [3.63, 3.8) is 0 Å². The number of nitrogens with zero attached hydrogens (tertiary/aromatic N) is 5. The van der Waals surface area contributed by atoms with Crippen LogP contribution in [0.3, 0.4) is 0 Å². The number of rotatable bonds is 3. The van der Waals surface area contributed by atoms with Crippen molar-refractivity contribution in [1.82, 2.24) is 25.0 Å². The Morgan fingerprint density at radius 2 is 1.90 bits per heavy atom. The molecule has 5 heterocycles. The Morgan fingerprint density at radius 3 is 2.64 bits per heavy atom. The molecule has 2 fully saturated rings. The van der Waals surface area contributed by atoms with Crippen LogP contribution in [0.15, 0.2) is 41.0 Å². The lowest BCUT2D eigenvalue weighted by molar-refractivity contribution is -0.182. The van der Waals surface area contributed by atoms with Gasteiger partial charge in [-0.05, 0) is 49.9 Å². The summed E-state index contributed by atoms with van der Waals surface area (Å²) in [4.78, 5) is 48.5. The molecular formula is C26H24BrF3N6O3. The lowest BCUT2D eigenvalue weighted by atomic mass is 9.73. The molecule has 0 radical (unpaired) electrons. The number of anilines is 1. The van der Waals surface area contributed by atoms with Crippen LogP contribution in [0.1, 0.15) is 41.7 Å². The van der Waals surface area contributed by atoms with Crippen molar-refractivity contribution >= 4 is 50.4 Å². The standard InChI is InChI=1S/C26H24BrF3N6O3/c27-15-3-1-4-19-22(15)25(24(39)36(19)14-21(37)35-10-2-5-20(35)26(28,29)30)8-11-34(12-9-25)23(38)17-7-6-16-18(32-17)13-31-33-16/h1,3-4,6-7,13,20H,2,5,8-12,14H2,(H,31,33)/t20-/m0/s1. The number of H-pyrrole nitrogens is 1. The zero-order valence-corrected chi connectivity index (χ0v) is 22.3. The zero-order chi connectivity index (χ0) is 27.5. The molecule has 1 spiro atoms. The smallest absolute Gasteiger partial charge is 0.337 e. The molecule has 0 unspecified atom stereocenters. The number of pyridine rings is 1. The van der Waals surface area contributed by atoms with Crippen LogP contribution in [0.25, 0.3) is 11.0 Å². The van der Waals surface area contributed by atoms with E-state index in [4.69, 9.17) is 0 Å². The van der Waals surface area contributed by atoms with Crippen LogP contribution in [-0.4, -0.2) is 81.1 Å². The Kier molecular flexibility index (Phi) is 6.16. The lowest BCUT2D eigenvalue weighted by Gasteiger charge is -2.38. The highest BCUT2D eigenvalue weighted by Gasteiger charge is 2.55. The number of halogens is 4. The first-order valence-electron chi connectivity index (χ1n) is 12.7. The van der Waals surface area contributed by atoms with Crippen molar-refractivity contribution in [2.24, 2.45) is 0 Å². The highest BCUT2D eigenvalue weighted by atomic mass is 79.9. The molecule has 204 valence electrons. The number of carbonyl (C=O) groups excluding carboxylic acids is 3. The average Bonchev–Trinajstić information content (AvgIpc) is 3.64. The maximum atomic E-state index is 14.0. The summed E-state index contributed by atoms with van der Waals surface area (Å²) >= 11 is 3.56. The summed E-state index contributed by atoms with van der Waals surface area (Å²) in [6.07, 6.45) is -2.23. The van der Waals surface area contributed by atoms with Gasteiger partial charge in [-0.1, -0.05) is 22.0 Å². The minimum absolute atomic E-state index is 0.0112. The molecule has 6 rings (SSSR count). The maximum Gasteiger partial charge on any atom is 0.408 e. The van der Waals surface area contributed by atoms with Gasteiger partial charge in [0.1, 0.15) is 23.8 Å². The number of fused-ring (bicyclic) bond motifs is 3. The van der Waals surface area contributed by atoms with Crippen molar-refractivity contribution in [3.05, 3.63) is 52.3 Å². The number of amides is 3. The monoisotopic (exact) mass is 604 g/mol. The van der Waals surface area contributed by atoms with Crippen molar-refractivity contribution < 1.29 is 27.6 Å². The third-order valence-corrected chi connectivity index (χ3v) is 8.74. The van der Waals surface area contributed by atoms with E-state index >= 15 is 0 Å². The van der Waals surface area contributed by atoms with Gasteiger partial charge in [-0.2, -0.15) is 18.3 Å². The molecule has 3 aliphatic rings. The Morgan fingerprint density at radius 1 is 1.13 bits per heavy atom. The number of nitrogens with one attached hydrogen (secondary N) is 1. The van der Waals surface area contributed by atoms with Crippen molar-refractivity contribution in [1.29, 1.82) is 0 Å². The predicted octanol–water partition coefficient (Wildman–Crippen LogP) is 3.79. The van der Waals surface area contributed by atoms with Crippen LogP contribution in [0.2, 0.25) is 0 Å². The number of aromatic amines is 1. The number of hydrogen-bond acceptors (Lipinski definition) is 5. The Hall–Kier alpha value is -3.48. The van der Waals surface area contributed by atoms with Crippen LogP contribution in [0.4, 0.5) is 18.9 Å². The lowest BCUT2D eigenvalue weighted by Crippen LogP contribution is -2.53. The second-order valence-corrected chi connectivity index (χ2v) is 11.0.